The molecule has 0 unspecified atom stereocenters. The van der Waals surface area contributed by atoms with Gasteiger partial charge < -0.3 is 5.10 Å². The molecule has 3 rings (SSSR count). The molecular weight excluding hydrogens is 346 g/mol. The molecule has 2 aromatic rings. The van der Waals surface area contributed by atoms with Gasteiger partial charge in [0.15, 0.2) is 9.84 Å². The first-order chi connectivity index (χ1) is 11.7. The summed E-state index contributed by atoms with van der Waals surface area (Å²) < 4.78 is 24.3. The molecule has 0 saturated carbocycles. The lowest BCUT2D eigenvalue weighted by atomic mass is 9.94. The van der Waals surface area contributed by atoms with Crippen molar-refractivity contribution < 1.29 is 18.0 Å². The van der Waals surface area contributed by atoms with E-state index >= 15 is 0 Å². The maximum absolute atomic E-state index is 12.8. The maximum Gasteiger partial charge on any atom is 0.275 e. The Balaban J connectivity index is 2.26. The molecule has 0 fully saturated rings. The van der Waals surface area contributed by atoms with E-state index in [0.717, 1.165) is 6.26 Å². The summed E-state index contributed by atoms with van der Waals surface area (Å²) in [4.78, 5) is 29.9. The van der Waals surface area contributed by atoms with Crippen molar-refractivity contribution in [2.45, 2.75) is 18.7 Å². The Kier molecular flexibility index (Phi) is 4.13. The summed E-state index contributed by atoms with van der Waals surface area (Å²) >= 11 is 0. The van der Waals surface area contributed by atoms with Crippen LogP contribution in [-0.2, 0) is 14.7 Å². The number of ketones is 1. The van der Waals surface area contributed by atoms with Crippen LogP contribution >= 0.6 is 0 Å². The molecule has 2 heterocycles. The number of aromatic amines is 2. The molecule has 1 aromatic heterocycles. The van der Waals surface area contributed by atoms with Crippen LogP contribution < -0.4 is 11.0 Å². The second kappa shape index (κ2) is 6.01. The number of nitrogens with one attached hydrogen (secondary N) is 3. The lowest BCUT2D eigenvalue weighted by Gasteiger charge is -2.15. The van der Waals surface area contributed by atoms with Gasteiger partial charge in [0, 0.05) is 23.1 Å². The van der Waals surface area contributed by atoms with Crippen molar-refractivity contribution in [1.29, 1.82) is 0 Å². The molecule has 0 spiro atoms. The second-order valence-electron chi connectivity index (χ2n) is 5.82. The molecule has 0 bridgehead atoms. The quantitative estimate of drug-likeness (QED) is 0.692. The number of H-pyrrole nitrogens is 2. The summed E-state index contributed by atoms with van der Waals surface area (Å²) in [6, 6.07) is 2.81. The number of carbonyl (C=O) groups excluding carboxylic acids is 1. The Morgan fingerprint density at radius 2 is 1.92 bits per heavy atom. The number of aryl methyl sites for hydroxylation is 1. The summed E-state index contributed by atoms with van der Waals surface area (Å²) in [5.41, 5.74) is 4.13. The Bertz CT molecular complexity index is 1060. The number of carbonyl (C=O) groups is 1. The van der Waals surface area contributed by atoms with Crippen molar-refractivity contribution in [2.75, 3.05) is 12.9 Å². The van der Waals surface area contributed by atoms with E-state index in [1.807, 2.05) is 0 Å². The third kappa shape index (κ3) is 2.92. The molecule has 1 aromatic carbocycles. The molecule has 8 nitrogen and oxygen atoms in total. The molecule has 25 heavy (non-hydrogen) atoms. The van der Waals surface area contributed by atoms with Crippen LogP contribution in [0.25, 0.3) is 5.70 Å². The first kappa shape index (κ1) is 17.2. The van der Waals surface area contributed by atoms with Crippen molar-refractivity contribution in [1.82, 2.24) is 15.7 Å². The summed E-state index contributed by atoms with van der Waals surface area (Å²) in [6.07, 6.45) is 2.80. The minimum absolute atomic E-state index is 0.00534. The molecule has 0 aliphatic carbocycles. The molecule has 1 aliphatic rings. The minimum Gasteiger partial charge on any atom is -0.302 e. The Morgan fingerprint density at radius 1 is 1.20 bits per heavy atom. The van der Waals surface area contributed by atoms with E-state index in [2.05, 4.69) is 15.7 Å². The van der Waals surface area contributed by atoms with Gasteiger partial charge in [0.25, 0.3) is 5.56 Å². The van der Waals surface area contributed by atoms with Gasteiger partial charge >= 0.3 is 0 Å². The SMILES string of the molecule is Cc1[nH][nH]c(=O)c1C(=O)c1ccc(S(C)(=O)=O)c(C2=CCON2)c1C. The first-order valence-electron chi connectivity index (χ1n) is 7.45. The standard InChI is InChI=1S/C16H17N3O5S/c1-8-10(15(20)14-9(2)17-18-16(14)21)4-5-12(25(3,22)23)13(8)11-6-7-24-19-11/h4-6,19H,7H2,1-3H3,(H2,17,18,21). The van der Waals surface area contributed by atoms with Crippen LogP contribution in [0.2, 0.25) is 0 Å². The van der Waals surface area contributed by atoms with Gasteiger partial charge in [-0.05, 0) is 37.6 Å². The molecular formula is C16H17N3O5S. The number of hydroxylamine groups is 1. The fraction of sp³-hybridized carbons (Fsp3) is 0.250. The topological polar surface area (TPSA) is 121 Å². The van der Waals surface area contributed by atoms with Crippen LogP contribution in [0.15, 0.2) is 27.9 Å². The summed E-state index contributed by atoms with van der Waals surface area (Å²) in [7, 11) is -3.53. The number of benzene rings is 1. The highest BCUT2D eigenvalue weighted by molar-refractivity contribution is 7.90. The minimum atomic E-state index is -3.53. The van der Waals surface area contributed by atoms with Gasteiger partial charge in [-0.1, -0.05) is 0 Å². The molecule has 0 radical (unpaired) electrons. The summed E-state index contributed by atoms with van der Waals surface area (Å²) in [6.45, 7) is 3.54. The summed E-state index contributed by atoms with van der Waals surface area (Å²) in [5.74, 6) is -0.474. The lowest BCUT2D eigenvalue weighted by molar-refractivity contribution is 0.103. The fourth-order valence-corrected chi connectivity index (χ4v) is 3.82. The van der Waals surface area contributed by atoms with Crippen LogP contribution in [0, 0.1) is 13.8 Å². The average Bonchev–Trinajstić information content (AvgIpc) is 3.15. The molecule has 0 atom stereocenters. The van der Waals surface area contributed by atoms with Crippen LogP contribution in [0.1, 0.15) is 32.7 Å². The molecule has 0 amide bonds. The van der Waals surface area contributed by atoms with Gasteiger partial charge in [0.05, 0.1) is 17.2 Å². The number of sulfone groups is 1. The fourth-order valence-electron chi connectivity index (χ4n) is 2.87. The van der Waals surface area contributed by atoms with Crippen molar-refractivity contribution in [3.05, 3.63) is 56.5 Å². The molecule has 132 valence electrons. The van der Waals surface area contributed by atoms with Crippen molar-refractivity contribution in [3.63, 3.8) is 0 Å². The Morgan fingerprint density at radius 3 is 2.44 bits per heavy atom. The van der Waals surface area contributed by atoms with Crippen LogP contribution in [0.3, 0.4) is 0 Å². The zero-order valence-corrected chi connectivity index (χ0v) is 14.7. The number of hydrogen-bond acceptors (Lipinski definition) is 6. The second-order valence-corrected chi connectivity index (χ2v) is 7.81. The zero-order valence-electron chi connectivity index (χ0n) is 13.9. The molecule has 1 aliphatic heterocycles. The van der Waals surface area contributed by atoms with Crippen molar-refractivity contribution >= 4 is 21.3 Å². The predicted molar refractivity (Wildman–Crippen MR) is 90.9 cm³/mol. The van der Waals surface area contributed by atoms with Crippen LogP contribution in [0.5, 0.6) is 0 Å². The Hall–Kier alpha value is -2.65. The molecule has 0 saturated heterocycles. The van der Waals surface area contributed by atoms with E-state index in [1.54, 1.807) is 19.9 Å². The van der Waals surface area contributed by atoms with Gasteiger partial charge in [-0.25, -0.2) is 8.42 Å². The van der Waals surface area contributed by atoms with Gasteiger partial charge in [0.1, 0.15) is 5.56 Å². The van der Waals surface area contributed by atoms with E-state index in [9.17, 15) is 18.0 Å². The van der Waals surface area contributed by atoms with E-state index in [1.165, 1.54) is 12.1 Å². The van der Waals surface area contributed by atoms with Crippen LogP contribution in [-0.4, -0.2) is 37.3 Å². The van der Waals surface area contributed by atoms with Crippen LogP contribution in [0.4, 0.5) is 0 Å². The molecule has 3 N–H and O–H groups in total. The molecule has 9 heteroatoms. The van der Waals surface area contributed by atoms with Gasteiger partial charge in [-0.2, -0.15) is 0 Å². The highest BCUT2D eigenvalue weighted by Gasteiger charge is 2.26. The predicted octanol–water partition coefficient (Wildman–Crippen LogP) is 0.830. The van der Waals surface area contributed by atoms with Gasteiger partial charge in [-0.15, -0.1) is 0 Å². The lowest BCUT2D eigenvalue weighted by Crippen LogP contribution is -2.18. The smallest absolute Gasteiger partial charge is 0.275 e. The third-order valence-electron chi connectivity index (χ3n) is 4.09. The number of hydrogen-bond donors (Lipinski definition) is 3. The average molecular weight is 363 g/mol. The highest BCUT2D eigenvalue weighted by atomic mass is 32.2. The monoisotopic (exact) mass is 363 g/mol. The van der Waals surface area contributed by atoms with Gasteiger partial charge in [0.2, 0.25) is 5.78 Å². The van der Waals surface area contributed by atoms with E-state index < -0.39 is 21.2 Å². The van der Waals surface area contributed by atoms with Crippen molar-refractivity contribution in [3.8, 4) is 0 Å². The largest absolute Gasteiger partial charge is 0.302 e. The van der Waals surface area contributed by atoms with Gasteiger partial charge in [-0.3, -0.25) is 25.0 Å². The number of rotatable bonds is 4. The maximum atomic E-state index is 12.8. The van der Waals surface area contributed by atoms with E-state index in [-0.39, 0.29) is 22.6 Å². The van der Waals surface area contributed by atoms with Crippen molar-refractivity contribution in [2.24, 2.45) is 0 Å². The first-order valence-corrected chi connectivity index (χ1v) is 9.35. The van der Waals surface area contributed by atoms with E-state index in [0.29, 0.717) is 22.5 Å². The highest BCUT2D eigenvalue weighted by Crippen LogP contribution is 2.30. The Labute approximate surface area is 143 Å². The zero-order chi connectivity index (χ0) is 18.4. The van der Waals surface area contributed by atoms with E-state index in [4.69, 9.17) is 4.84 Å². The normalized spacial score (nSPS) is 14.3. The summed E-state index contributed by atoms with van der Waals surface area (Å²) in [5, 5.41) is 4.99. The third-order valence-corrected chi connectivity index (χ3v) is 5.22. The number of aromatic nitrogens is 2.